The van der Waals surface area contributed by atoms with E-state index < -0.39 is 5.92 Å². The van der Waals surface area contributed by atoms with Crippen molar-refractivity contribution in [2.75, 3.05) is 16.8 Å². The van der Waals surface area contributed by atoms with Crippen LogP contribution in [0.4, 0.5) is 11.4 Å². The van der Waals surface area contributed by atoms with E-state index in [0.29, 0.717) is 21.4 Å². The van der Waals surface area contributed by atoms with Crippen LogP contribution in [-0.4, -0.2) is 18.4 Å². The maximum absolute atomic E-state index is 12.3. The minimum atomic E-state index is -0.419. The predicted molar refractivity (Wildman–Crippen MR) is 92.0 cm³/mol. The predicted octanol–water partition coefficient (Wildman–Crippen LogP) is 3.99. The summed E-state index contributed by atoms with van der Waals surface area (Å²) < 4.78 is 0. The van der Waals surface area contributed by atoms with Gasteiger partial charge in [0.05, 0.1) is 16.6 Å². The zero-order valence-electron chi connectivity index (χ0n) is 12.1. The van der Waals surface area contributed by atoms with E-state index in [4.69, 9.17) is 23.2 Å². The number of benzene rings is 2. The van der Waals surface area contributed by atoms with Crippen LogP contribution in [-0.2, 0) is 9.59 Å². The first-order valence-corrected chi connectivity index (χ1v) is 7.91. The van der Waals surface area contributed by atoms with E-state index in [1.165, 1.54) is 4.90 Å². The molecular weight excluding hydrogens is 335 g/mol. The molecule has 1 N–H and O–H groups in total. The zero-order chi connectivity index (χ0) is 16.4. The Bertz CT molecular complexity index is 750. The second-order valence-electron chi connectivity index (χ2n) is 5.36. The van der Waals surface area contributed by atoms with Gasteiger partial charge in [0, 0.05) is 23.7 Å². The van der Waals surface area contributed by atoms with Gasteiger partial charge < -0.3 is 10.2 Å². The van der Waals surface area contributed by atoms with Gasteiger partial charge in [-0.25, -0.2) is 0 Å². The Hall–Kier alpha value is -2.04. The summed E-state index contributed by atoms with van der Waals surface area (Å²) in [6.45, 7) is 0.289. The number of rotatable bonds is 3. The summed E-state index contributed by atoms with van der Waals surface area (Å²) in [5.41, 5.74) is 1.25. The molecule has 1 heterocycles. The van der Waals surface area contributed by atoms with E-state index in [0.717, 1.165) is 0 Å². The van der Waals surface area contributed by atoms with E-state index in [9.17, 15) is 9.59 Å². The first kappa shape index (κ1) is 15.8. The Morgan fingerprint density at radius 2 is 1.87 bits per heavy atom. The zero-order valence-corrected chi connectivity index (χ0v) is 13.6. The molecular formula is C17H14Cl2N2O2. The van der Waals surface area contributed by atoms with Crippen LogP contribution >= 0.6 is 23.2 Å². The topological polar surface area (TPSA) is 49.4 Å². The number of nitrogens with zero attached hydrogens (tertiary/aromatic N) is 1. The van der Waals surface area contributed by atoms with Gasteiger partial charge in [-0.15, -0.1) is 0 Å². The van der Waals surface area contributed by atoms with Gasteiger partial charge in [0.1, 0.15) is 0 Å². The van der Waals surface area contributed by atoms with Crippen LogP contribution < -0.4 is 10.2 Å². The molecule has 0 aromatic heterocycles. The van der Waals surface area contributed by atoms with Crippen LogP contribution in [0.15, 0.2) is 48.5 Å². The van der Waals surface area contributed by atoms with Crippen molar-refractivity contribution < 1.29 is 9.59 Å². The van der Waals surface area contributed by atoms with Gasteiger partial charge in [0.15, 0.2) is 0 Å². The molecule has 4 nitrogen and oxygen atoms in total. The molecule has 0 bridgehead atoms. The number of halogens is 2. The second-order valence-corrected chi connectivity index (χ2v) is 6.20. The summed E-state index contributed by atoms with van der Waals surface area (Å²) in [5.74, 6) is -0.731. The highest BCUT2D eigenvalue weighted by molar-refractivity contribution is 6.36. The Morgan fingerprint density at radius 1 is 1.13 bits per heavy atom. The molecule has 1 unspecified atom stereocenters. The molecule has 23 heavy (non-hydrogen) atoms. The SMILES string of the molecule is O=C(Nc1ccccc1)C1CC(=O)N(c2cc(Cl)ccc2Cl)C1. The van der Waals surface area contributed by atoms with Gasteiger partial charge in [-0.2, -0.15) is 0 Å². The lowest BCUT2D eigenvalue weighted by molar-refractivity contribution is -0.122. The normalized spacial score (nSPS) is 17.4. The van der Waals surface area contributed by atoms with Crippen LogP contribution in [0.5, 0.6) is 0 Å². The number of amides is 2. The molecule has 118 valence electrons. The molecule has 2 aromatic rings. The van der Waals surface area contributed by atoms with Crippen LogP contribution in [0.2, 0.25) is 10.0 Å². The van der Waals surface area contributed by atoms with Crippen molar-refractivity contribution in [3.05, 3.63) is 58.6 Å². The summed E-state index contributed by atoms with van der Waals surface area (Å²) in [6, 6.07) is 14.1. The number of para-hydroxylation sites is 1. The van der Waals surface area contributed by atoms with E-state index >= 15 is 0 Å². The van der Waals surface area contributed by atoms with Crippen molar-refractivity contribution >= 4 is 46.4 Å². The average Bonchev–Trinajstić information content (AvgIpc) is 2.92. The highest BCUT2D eigenvalue weighted by atomic mass is 35.5. The Balaban J connectivity index is 1.74. The van der Waals surface area contributed by atoms with Crippen molar-refractivity contribution in [3.63, 3.8) is 0 Å². The molecule has 3 rings (SSSR count). The van der Waals surface area contributed by atoms with Crippen molar-refractivity contribution in [2.45, 2.75) is 6.42 Å². The van der Waals surface area contributed by atoms with Gasteiger partial charge in [0.25, 0.3) is 0 Å². The van der Waals surface area contributed by atoms with Gasteiger partial charge in [0.2, 0.25) is 11.8 Å². The van der Waals surface area contributed by atoms with E-state index in [-0.39, 0.29) is 24.8 Å². The second kappa shape index (κ2) is 6.60. The summed E-state index contributed by atoms with van der Waals surface area (Å²) >= 11 is 12.1. The molecule has 1 saturated heterocycles. The Kier molecular flexibility index (Phi) is 4.55. The van der Waals surface area contributed by atoms with Gasteiger partial charge in [-0.3, -0.25) is 9.59 Å². The first-order valence-electron chi connectivity index (χ1n) is 7.16. The largest absolute Gasteiger partial charge is 0.326 e. The number of hydrogen-bond donors (Lipinski definition) is 1. The van der Waals surface area contributed by atoms with E-state index in [1.54, 1.807) is 30.3 Å². The molecule has 0 saturated carbocycles. The van der Waals surface area contributed by atoms with Crippen molar-refractivity contribution in [3.8, 4) is 0 Å². The van der Waals surface area contributed by atoms with E-state index in [2.05, 4.69) is 5.32 Å². The lowest BCUT2D eigenvalue weighted by Crippen LogP contribution is -2.28. The smallest absolute Gasteiger partial charge is 0.229 e. The quantitative estimate of drug-likeness (QED) is 0.911. The molecule has 0 radical (unpaired) electrons. The van der Waals surface area contributed by atoms with Gasteiger partial charge in [-0.05, 0) is 30.3 Å². The molecule has 0 spiro atoms. The van der Waals surface area contributed by atoms with Crippen LogP contribution in [0.25, 0.3) is 0 Å². The molecule has 1 aliphatic rings. The minimum Gasteiger partial charge on any atom is -0.326 e. The van der Waals surface area contributed by atoms with Crippen molar-refractivity contribution in [1.82, 2.24) is 0 Å². The molecule has 2 aromatic carbocycles. The lowest BCUT2D eigenvalue weighted by Gasteiger charge is -2.18. The summed E-state index contributed by atoms with van der Waals surface area (Å²) in [5, 5.41) is 3.76. The molecule has 1 fully saturated rings. The summed E-state index contributed by atoms with van der Waals surface area (Å²) in [7, 11) is 0. The third-order valence-corrected chi connectivity index (χ3v) is 4.29. The third-order valence-electron chi connectivity index (χ3n) is 3.74. The molecule has 6 heteroatoms. The molecule has 1 aliphatic heterocycles. The third kappa shape index (κ3) is 3.49. The van der Waals surface area contributed by atoms with Crippen LogP contribution in [0.3, 0.4) is 0 Å². The number of hydrogen-bond acceptors (Lipinski definition) is 2. The number of carbonyl (C=O) groups excluding carboxylic acids is 2. The van der Waals surface area contributed by atoms with E-state index in [1.807, 2.05) is 18.2 Å². The summed E-state index contributed by atoms with van der Waals surface area (Å²) in [6.07, 6.45) is 0.154. The Morgan fingerprint density at radius 3 is 2.61 bits per heavy atom. The fraction of sp³-hybridized carbons (Fsp3) is 0.176. The number of anilines is 2. The highest BCUT2D eigenvalue weighted by Gasteiger charge is 2.36. The summed E-state index contributed by atoms with van der Waals surface area (Å²) in [4.78, 5) is 26.1. The molecule has 2 amide bonds. The number of carbonyl (C=O) groups is 2. The fourth-order valence-electron chi connectivity index (χ4n) is 2.57. The van der Waals surface area contributed by atoms with Crippen molar-refractivity contribution in [2.24, 2.45) is 5.92 Å². The minimum absolute atomic E-state index is 0.137. The van der Waals surface area contributed by atoms with Crippen LogP contribution in [0, 0.1) is 5.92 Å². The highest BCUT2D eigenvalue weighted by Crippen LogP contribution is 2.33. The monoisotopic (exact) mass is 348 g/mol. The maximum atomic E-state index is 12.3. The first-order chi connectivity index (χ1) is 11.0. The Labute approximate surface area is 144 Å². The molecule has 1 atom stereocenters. The fourth-order valence-corrected chi connectivity index (χ4v) is 2.96. The van der Waals surface area contributed by atoms with Gasteiger partial charge in [-0.1, -0.05) is 41.4 Å². The standard InChI is InChI=1S/C17H14Cl2N2O2/c18-12-6-7-14(19)15(9-12)21-10-11(8-16(21)22)17(23)20-13-4-2-1-3-5-13/h1-7,9,11H,8,10H2,(H,20,23). The lowest BCUT2D eigenvalue weighted by atomic mass is 10.1. The number of nitrogens with one attached hydrogen (secondary N) is 1. The maximum Gasteiger partial charge on any atom is 0.229 e. The van der Waals surface area contributed by atoms with Crippen LogP contribution in [0.1, 0.15) is 6.42 Å². The average molecular weight is 349 g/mol. The molecule has 0 aliphatic carbocycles. The van der Waals surface area contributed by atoms with Gasteiger partial charge >= 0.3 is 0 Å². The van der Waals surface area contributed by atoms with Crippen molar-refractivity contribution in [1.29, 1.82) is 0 Å².